The zero-order valence-corrected chi connectivity index (χ0v) is 10.0. The van der Waals surface area contributed by atoms with Crippen molar-refractivity contribution in [2.75, 3.05) is 7.11 Å². The van der Waals surface area contributed by atoms with E-state index in [0.29, 0.717) is 11.1 Å². The highest BCUT2D eigenvalue weighted by molar-refractivity contribution is 14.1. The van der Waals surface area contributed by atoms with Gasteiger partial charge in [0.05, 0.1) is 30.0 Å². The number of ether oxygens (including phenoxy) is 1. The van der Waals surface area contributed by atoms with Gasteiger partial charge >= 0.3 is 0 Å². The largest absolute Gasteiger partial charge is 0.495 e. The lowest BCUT2D eigenvalue weighted by Gasteiger charge is -2.04. The molecule has 14 heavy (non-hydrogen) atoms. The minimum atomic E-state index is -0.209. The first-order valence-electron chi connectivity index (χ1n) is 4.16. The van der Waals surface area contributed by atoms with Crippen LogP contribution in [0.25, 0.3) is 10.9 Å². The lowest BCUT2D eigenvalue weighted by atomic mass is 10.2. The van der Waals surface area contributed by atoms with E-state index in [0.717, 1.165) is 11.2 Å². The molecule has 0 saturated heterocycles. The number of aryl methyl sites for hydroxylation is 1. The van der Waals surface area contributed by atoms with Gasteiger partial charge in [0.25, 0.3) is 0 Å². The highest BCUT2D eigenvalue weighted by atomic mass is 127. The SMILES string of the molecule is COc1ccc(F)c2cc(C)n(I)c12. The molecule has 1 aromatic heterocycles. The van der Waals surface area contributed by atoms with Crippen LogP contribution in [-0.4, -0.2) is 9.89 Å². The third-order valence-electron chi connectivity index (χ3n) is 2.21. The summed E-state index contributed by atoms with van der Waals surface area (Å²) in [6.07, 6.45) is 0. The molecule has 1 aromatic carbocycles. The summed E-state index contributed by atoms with van der Waals surface area (Å²) in [5, 5.41) is 0.608. The predicted octanol–water partition coefficient (Wildman–Crippen LogP) is 3.30. The summed E-state index contributed by atoms with van der Waals surface area (Å²) < 4.78 is 20.5. The highest BCUT2D eigenvalue weighted by Gasteiger charge is 2.12. The van der Waals surface area contributed by atoms with Crippen molar-refractivity contribution in [2.24, 2.45) is 0 Å². The minimum absolute atomic E-state index is 0.209. The summed E-state index contributed by atoms with van der Waals surface area (Å²) in [4.78, 5) is 0. The Hall–Kier alpha value is -0.780. The van der Waals surface area contributed by atoms with Gasteiger partial charge in [0.15, 0.2) is 0 Å². The van der Waals surface area contributed by atoms with Gasteiger partial charge in [-0.25, -0.2) is 4.39 Å². The maximum absolute atomic E-state index is 13.4. The Balaban J connectivity index is 2.92. The molecule has 0 radical (unpaired) electrons. The molecule has 0 N–H and O–H groups in total. The molecule has 0 bridgehead atoms. The molecule has 0 aliphatic heterocycles. The number of fused-ring (bicyclic) bond motifs is 1. The van der Waals surface area contributed by atoms with Crippen LogP contribution in [0.15, 0.2) is 18.2 Å². The van der Waals surface area contributed by atoms with E-state index in [9.17, 15) is 4.39 Å². The Morgan fingerprint density at radius 2 is 2.14 bits per heavy atom. The molecule has 0 amide bonds. The van der Waals surface area contributed by atoms with Crippen molar-refractivity contribution >= 4 is 33.8 Å². The fraction of sp³-hybridized carbons (Fsp3) is 0.200. The van der Waals surface area contributed by atoms with Gasteiger partial charge in [-0.05, 0) is 25.1 Å². The van der Waals surface area contributed by atoms with Gasteiger partial charge in [-0.15, -0.1) is 0 Å². The van der Waals surface area contributed by atoms with E-state index in [-0.39, 0.29) is 5.82 Å². The summed E-state index contributed by atoms with van der Waals surface area (Å²) in [6.45, 7) is 1.94. The van der Waals surface area contributed by atoms with Gasteiger partial charge in [-0.3, -0.25) is 2.78 Å². The maximum atomic E-state index is 13.4. The van der Waals surface area contributed by atoms with E-state index >= 15 is 0 Å². The molecule has 2 rings (SSSR count). The number of hydrogen-bond donors (Lipinski definition) is 0. The molecule has 0 fully saturated rings. The first-order chi connectivity index (χ1) is 6.65. The fourth-order valence-corrected chi connectivity index (χ4v) is 2.15. The number of hydrogen-bond acceptors (Lipinski definition) is 1. The summed E-state index contributed by atoms with van der Waals surface area (Å²) in [5.74, 6) is 0.489. The van der Waals surface area contributed by atoms with Crippen LogP contribution in [-0.2, 0) is 0 Å². The monoisotopic (exact) mass is 305 g/mol. The maximum Gasteiger partial charge on any atom is 0.144 e. The Bertz CT molecular complexity index is 492. The average Bonchev–Trinajstić information content (AvgIpc) is 2.47. The lowest BCUT2D eigenvalue weighted by Crippen LogP contribution is -1.89. The van der Waals surface area contributed by atoms with Gasteiger partial charge in [-0.2, -0.15) is 0 Å². The summed E-state index contributed by atoms with van der Waals surface area (Å²) >= 11 is 2.13. The van der Waals surface area contributed by atoms with Gasteiger partial charge in [0, 0.05) is 11.1 Å². The number of benzene rings is 1. The van der Waals surface area contributed by atoms with Gasteiger partial charge in [0.2, 0.25) is 0 Å². The summed E-state index contributed by atoms with van der Waals surface area (Å²) in [5.41, 5.74) is 1.80. The lowest BCUT2D eigenvalue weighted by molar-refractivity contribution is 0.418. The minimum Gasteiger partial charge on any atom is -0.495 e. The topological polar surface area (TPSA) is 14.2 Å². The molecule has 0 saturated carbocycles. The van der Waals surface area contributed by atoms with Gasteiger partial charge in [-0.1, -0.05) is 0 Å². The fourth-order valence-electron chi connectivity index (χ4n) is 1.51. The molecule has 1 heterocycles. The zero-order chi connectivity index (χ0) is 10.3. The van der Waals surface area contributed by atoms with Crippen LogP contribution < -0.4 is 4.74 Å². The van der Waals surface area contributed by atoms with Crippen LogP contribution in [0.1, 0.15) is 5.69 Å². The van der Waals surface area contributed by atoms with Crippen LogP contribution in [0, 0.1) is 12.7 Å². The van der Waals surface area contributed by atoms with Gasteiger partial charge in [0.1, 0.15) is 17.1 Å². The van der Waals surface area contributed by atoms with E-state index in [1.165, 1.54) is 6.07 Å². The number of rotatable bonds is 1. The second-order valence-electron chi connectivity index (χ2n) is 3.08. The van der Waals surface area contributed by atoms with Crippen molar-refractivity contribution in [3.63, 3.8) is 0 Å². The van der Waals surface area contributed by atoms with E-state index < -0.39 is 0 Å². The molecule has 0 atom stereocenters. The standard InChI is InChI=1S/C10H9FINO/c1-6-5-7-8(11)3-4-9(14-2)10(7)13(6)12/h3-5H,1-2H3. The normalized spacial score (nSPS) is 10.9. The van der Waals surface area contributed by atoms with E-state index in [2.05, 4.69) is 22.9 Å². The van der Waals surface area contributed by atoms with Crippen LogP contribution in [0.5, 0.6) is 5.75 Å². The van der Waals surface area contributed by atoms with Crippen molar-refractivity contribution in [2.45, 2.75) is 6.92 Å². The van der Waals surface area contributed by atoms with Gasteiger partial charge < -0.3 is 4.74 Å². The zero-order valence-electron chi connectivity index (χ0n) is 7.84. The highest BCUT2D eigenvalue weighted by Crippen LogP contribution is 2.32. The van der Waals surface area contributed by atoms with Crippen molar-refractivity contribution in [3.8, 4) is 5.75 Å². The molecular weight excluding hydrogens is 296 g/mol. The number of methoxy groups -OCH3 is 1. The second kappa shape index (κ2) is 3.42. The molecular formula is C10H9FINO. The third-order valence-corrected chi connectivity index (χ3v) is 3.45. The number of aromatic nitrogens is 1. The Morgan fingerprint density at radius 3 is 2.79 bits per heavy atom. The van der Waals surface area contributed by atoms with E-state index in [1.54, 1.807) is 13.2 Å². The smallest absolute Gasteiger partial charge is 0.144 e. The average molecular weight is 305 g/mol. The second-order valence-corrected chi connectivity index (χ2v) is 4.04. The number of halogens is 2. The Kier molecular flexibility index (Phi) is 2.38. The third kappa shape index (κ3) is 1.28. The number of nitrogens with zero attached hydrogens (tertiary/aromatic N) is 1. The van der Waals surface area contributed by atoms with Crippen LogP contribution in [0.2, 0.25) is 0 Å². The van der Waals surface area contributed by atoms with Crippen LogP contribution in [0.3, 0.4) is 0 Å². The summed E-state index contributed by atoms with van der Waals surface area (Å²) in [6, 6.07) is 4.89. The van der Waals surface area contributed by atoms with Crippen molar-refractivity contribution < 1.29 is 9.13 Å². The first-order valence-corrected chi connectivity index (χ1v) is 5.12. The molecule has 2 aromatic rings. The molecule has 2 nitrogen and oxygen atoms in total. The molecule has 4 heteroatoms. The van der Waals surface area contributed by atoms with Crippen molar-refractivity contribution in [1.82, 2.24) is 2.78 Å². The molecule has 0 spiro atoms. The summed E-state index contributed by atoms with van der Waals surface area (Å²) in [7, 11) is 1.59. The van der Waals surface area contributed by atoms with E-state index in [1.807, 2.05) is 15.8 Å². The predicted molar refractivity (Wildman–Crippen MR) is 62.6 cm³/mol. The van der Waals surface area contributed by atoms with E-state index in [4.69, 9.17) is 4.74 Å². The molecule has 74 valence electrons. The quantitative estimate of drug-likeness (QED) is 0.737. The van der Waals surface area contributed by atoms with Crippen molar-refractivity contribution in [1.29, 1.82) is 0 Å². The van der Waals surface area contributed by atoms with Crippen molar-refractivity contribution in [3.05, 3.63) is 29.7 Å². The molecule has 0 aliphatic rings. The first kappa shape index (κ1) is 9.76. The Morgan fingerprint density at radius 1 is 1.43 bits per heavy atom. The van der Waals surface area contributed by atoms with Crippen LogP contribution >= 0.6 is 22.9 Å². The molecule has 0 aliphatic carbocycles. The Labute approximate surface area is 95.2 Å². The van der Waals surface area contributed by atoms with Crippen LogP contribution in [0.4, 0.5) is 4.39 Å². The molecule has 0 unspecified atom stereocenters.